The van der Waals surface area contributed by atoms with E-state index in [0.717, 1.165) is 0 Å². The van der Waals surface area contributed by atoms with Gasteiger partial charge in [-0.25, -0.2) is 8.42 Å². The van der Waals surface area contributed by atoms with Gasteiger partial charge in [-0.2, -0.15) is 9.40 Å². The number of benzene rings is 1. The van der Waals surface area contributed by atoms with E-state index in [1.807, 2.05) is 0 Å². The third-order valence-electron chi connectivity index (χ3n) is 5.05. The van der Waals surface area contributed by atoms with Gasteiger partial charge in [-0.1, -0.05) is 6.07 Å². The van der Waals surface area contributed by atoms with Crippen LogP contribution in [-0.2, 0) is 10.0 Å². The molecule has 0 saturated carbocycles. The topological polar surface area (TPSA) is 130 Å². The zero-order valence-corrected chi connectivity index (χ0v) is 17.3. The number of aromatic nitrogens is 2. The molecule has 10 nitrogen and oxygen atoms in total. The first-order chi connectivity index (χ1) is 13.6. The molecule has 0 atom stereocenters. The lowest BCUT2D eigenvalue weighted by atomic mass is 10.1. The van der Waals surface area contributed by atoms with Gasteiger partial charge in [0.15, 0.2) is 0 Å². The number of nitro groups is 1. The summed E-state index contributed by atoms with van der Waals surface area (Å²) in [5, 5.41) is 17.8. The van der Waals surface area contributed by atoms with Gasteiger partial charge in [-0.05, 0) is 33.3 Å². The minimum atomic E-state index is -3.73. The summed E-state index contributed by atoms with van der Waals surface area (Å²) in [6, 6.07) is 4.38. The Morgan fingerprint density at radius 1 is 1.17 bits per heavy atom. The highest BCUT2D eigenvalue weighted by Gasteiger charge is 2.32. The van der Waals surface area contributed by atoms with E-state index in [2.05, 4.69) is 10.2 Å². The SMILES string of the molecule is Cc1ccc(C(=O)N2CCCN(S(=O)(=O)c3c(C)n[nH]c3C)CC2)cc1[N+](=O)[O-]. The number of sulfonamides is 1. The number of hydrogen-bond donors (Lipinski definition) is 1. The van der Waals surface area contributed by atoms with Crippen LogP contribution in [-0.4, -0.2) is 64.8 Å². The fraction of sp³-hybridized carbons (Fsp3) is 0.444. The van der Waals surface area contributed by atoms with Gasteiger partial charge in [0, 0.05) is 43.4 Å². The average molecular weight is 421 g/mol. The molecule has 1 amide bonds. The van der Waals surface area contributed by atoms with Crippen LogP contribution in [0.4, 0.5) is 5.69 Å². The van der Waals surface area contributed by atoms with Gasteiger partial charge in [0.2, 0.25) is 10.0 Å². The molecule has 0 spiro atoms. The minimum Gasteiger partial charge on any atom is -0.337 e. The molecule has 0 bridgehead atoms. The van der Waals surface area contributed by atoms with E-state index < -0.39 is 14.9 Å². The first-order valence-corrected chi connectivity index (χ1v) is 10.6. The first kappa shape index (κ1) is 20.9. The van der Waals surface area contributed by atoms with Crippen molar-refractivity contribution in [1.29, 1.82) is 0 Å². The van der Waals surface area contributed by atoms with Crippen molar-refractivity contribution in [1.82, 2.24) is 19.4 Å². The number of aryl methyl sites for hydroxylation is 3. The molecule has 1 N–H and O–H groups in total. The van der Waals surface area contributed by atoms with Crippen molar-refractivity contribution in [3.63, 3.8) is 0 Å². The van der Waals surface area contributed by atoms with E-state index in [9.17, 15) is 23.3 Å². The molecule has 1 aromatic carbocycles. The van der Waals surface area contributed by atoms with Crippen molar-refractivity contribution >= 4 is 21.6 Å². The Morgan fingerprint density at radius 3 is 2.52 bits per heavy atom. The number of carbonyl (C=O) groups is 1. The average Bonchev–Trinajstić information content (AvgIpc) is 2.86. The highest BCUT2D eigenvalue weighted by molar-refractivity contribution is 7.89. The van der Waals surface area contributed by atoms with Crippen molar-refractivity contribution < 1.29 is 18.1 Å². The molecule has 3 rings (SSSR count). The fourth-order valence-corrected chi connectivity index (χ4v) is 5.31. The zero-order chi connectivity index (χ0) is 21.3. The summed E-state index contributed by atoms with van der Waals surface area (Å²) in [6.45, 7) is 5.90. The monoisotopic (exact) mass is 421 g/mol. The number of aromatic amines is 1. The predicted octanol–water partition coefficient (Wildman–Crippen LogP) is 1.78. The predicted molar refractivity (Wildman–Crippen MR) is 105 cm³/mol. The highest BCUT2D eigenvalue weighted by atomic mass is 32.2. The lowest BCUT2D eigenvalue weighted by Crippen LogP contribution is -2.37. The van der Waals surface area contributed by atoms with Crippen LogP contribution >= 0.6 is 0 Å². The number of carbonyl (C=O) groups excluding carboxylic acids is 1. The number of rotatable bonds is 4. The van der Waals surface area contributed by atoms with Crippen molar-refractivity contribution in [2.24, 2.45) is 0 Å². The second kappa shape index (κ2) is 7.91. The van der Waals surface area contributed by atoms with Gasteiger partial charge in [0.25, 0.3) is 11.6 Å². The van der Waals surface area contributed by atoms with Crippen molar-refractivity contribution in [3.8, 4) is 0 Å². The zero-order valence-electron chi connectivity index (χ0n) is 16.5. The molecule has 2 aromatic rings. The number of nitrogens with zero attached hydrogens (tertiary/aromatic N) is 4. The van der Waals surface area contributed by atoms with Crippen LogP contribution in [0.3, 0.4) is 0 Å². The van der Waals surface area contributed by atoms with Crippen molar-refractivity contribution in [3.05, 3.63) is 50.8 Å². The Labute approximate surface area is 168 Å². The molecule has 1 aromatic heterocycles. The van der Waals surface area contributed by atoms with Gasteiger partial charge < -0.3 is 4.90 Å². The largest absolute Gasteiger partial charge is 0.337 e. The van der Waals surface area contributed by atoms with Crippen LogP contribution in [0.2, 0.25) is 0 Å². The van der Waals surface area contributed by atoms with Gasteiger partial charge in [-0.15, -0.1) is 0 Å². The van der Waals surface area contributed by atoms with E-state index in [0.29, 0.717) is 29.9 Å². The Morgan fingerprint density at radius 2 is 1.90 bits per heavy atom. The fourth-order valence-electron chi connectivity index (χ4n) is 3.51. The van der Waals surface area contributed by atoms with E-state index in [1.54, 1.807) is 37.8 Å². The molecule has 29 heavy (non-hydrogen) atoms. The molecule has 11 heteroatoms. The van der Waals surface area contributed by atoms with E-state index >= 15 is 0 Å². The third-order valence-corrected chi connectivity index (χ3v) is 7.22. The summed E-state index contributed by atoms with van der Waals surface area (Å²) in [4.78, 5) is 25.2. The summed E-state index contributed by atoms with van der Waals surface area (Å²) in [7, 11) is -3.73. The normalized spacial score (nSPS) is 15.9. The number of nitrogens with one attached hydrogen (secondary N) is 1. The number of H-pyrrole nitrogens is 1. The van der Waals surface area contributed by atoms with Crippen LogP contribution in [0, 0.1) is 30.9 Å². The number of nitro benzene ring substituents is 1. The molecule has 1 fully saturated rings. The molecular weight excluding hydrogens is 398 g/mol. The van der Waals surface area contributed by atoms with Gasteiger partial charge >= 0.3 is 0 Å². The molecule has 1 aliphatic heterocycles. The molecule has 0 unspecified atom stereocenters. The van der Waals surface area contributed by atoms with Crippen LogP contribution < -0.4 is 0 Å². The van der Waals surface area contributed by atoms with Gasteiger partial charge in [0.05, 0.1) is 16.3 Å². The maximum absolute atomic E-state index is 13.0. The Hall–Kier alpha value is -2.79. The van der Waals surface area contributed by atoms with Crippen LogP contribution in [0.5, 0.6) is 0 Å². The van der Waals surface area contributed by atoms with Crippen LogP contribution in [0.25, 0.3) is 0 Å². The lowest BCUT2D eigenvalue weighted by Gasteiger charge is -2.22. The molecule has 2 heterocycles. The molecule has 156 valence electrons. The maximum Gasteiger partial charge on any atom is 0.273 e. The quantitative estimate of drug-likeness (QED) is 0.592. The van der Waals surface area contributed by atoms with Crippen LogP contribution in [0.1, 0.15) is 33.7 Å². The minimum absolute atomic E-state index is 0.110. The van der Waals surface area contributed by atoms with Gasteiger partial charge in [0.1, 0.15) is 4.90 Å². The second-order valence-electron chi connectivity index (χ2n) is 7.07. The van der Waals surface area contributed by atoms with E-state index in [-0.39, 0.29) is 41.7 Å². The molecule has 0 radical (unpaired) electrons. The van der Waals surface area contributed by atoms with E-state index in [1.165, 1.54) is 10.4 Å². The Kier molecular flexibility index (Phi) is 5.71. The molecule has 1 saturated heterocycles. The standard InChI is InChI=1S/C18H23N5O5S/c1-12-5-6-15(11-16(12)23(25)26)18(24)21-7-4-8-22(10-9-21)29(27,28)17-13(2)19-20-14(17)3/h5-6,11H,4,7-10H2,1-3H3,(H,19,20). The summed E-state index contributed by atoms with van der Waals surface area (Å²) in [6.07, 6.45) is 0.467. The first-order valence-electron chi connectivity index (χ1n) is 9.19. The van der Waals surface area contributed by atoms with E-state index in [4.69, 9.17) is 0 Å². The lowest BCUT2D eigenvalue weighted by molar-refractivity contribution is -0.385. The summed E-state index contributed by atoms with van der Waals surface area (Å²) in [5.41, 5.74) is 1.48. The highest BCUT2D eigenvalue weighted by Crippen LogP contribution is 2.24. The molecule has 1 aliphatic rings. The Balaban J connectivity index is 1.79. The smallest absolute Gasteiger partial charge is 0.273 e. The van der Waals surface area contributed by atoms with Gasteiger partial charge in [-0.3, -0.25) is 20.0 Å². The second-order valence-corrected chi connectivity index (χ2v) is 8.95. The maximum atomic E-state index is 13.0. The van der Waals surface area contributed by atoms with Crippen molar-refractivity contribution in [2.45, 2.75) is 32.1 Å². The molecular formula is C18H23N5O5S. The number of amides is 1. The van der Waals surface area contributed by atoms with Crippen molar-refractivity contribution in [2.75, 3.05) is 26.2 Å². The Bertz CT molecular complexity index is 1040. The summed E-state index contributed by atoms with van der Waals surface area (Å²) in [5.74, 6) is -0.344. The number of hydrogen-bond acceptors (Lipinski definition) is 6. The molecule has 0 aliphatic carbocycles. The van der Waals surface area contributed by atoms with Crippen LogP contribution in [0.15, 0.2) is 23.1 Å². The summed E-state index contributed by atoms with van der Waals surface area (Å²) < 4.78 is 27.4. The summed E-state index contributed by atoms with van der Waals surface area (Å²) >= 11 is 0. The third kappa shape index (κ3) is 4.01.